The molecule has 1 atom stereocenters. The van der Waals surface area contributed by atoms with Crippen LogP contribution in [0.4, 0.5) is 5.69 Å². The Kier molecular flexibility index (Phi) is 7.76. The van der Waals surface area contributed by atoms with E-state index in [0.717, 1.165) is 5.56 Å². The summed E-state index contributed by atoms with van der Waals surface area (Å²) >= 11 is 7.22. The smallest absolute Gasteiger partial charge is 0.251 e. The van der Waals surface area contributed by atoms with Crippen LogP contribution in [-0.4, -0.2) is 39.4 Å². The highest BCUT2D eigenvalue weighted by Gasteiger charge is 2.19. The first-order valence-electron chi connectivity index (χ1n) is 9.81. The standard InChI is InChI=1S/C22H24ClN5O3S/c1-13-11-16(23)7-10-18(13)25-19(29)12-32-22-27-26-20(28(22)3)14(2)24-21(30)15-5-8-17(31-4)9-6-15/h5-11,14H,12H2,1-4H3,(H,24,30)(H,25,29). The van der Waals surface area contributed by atoms with Crippen molar-refractivity contribution in [1.82, 2.24) is 20.1 Å². The number of thioether (sulfide) groups is 1. The van der Waals surface area contributed by atoms with Gasteiger partial charge in [0.25, 0.3) is 5.91 Å². The summed E-state index contributed by atoms with van der Waals surface area (Å²) in [6.45, 7) is 3.71. The van der Waals surface area contributed by atoms with Crippen molar-refractivity contribution < 1.29 is 14.3 Å². The van der Waals surface area contributed by atoms with Gasteiger partial charge >= 0.3 is 0 Å². The number of nitrogens with zero attached hydrogens (tertiary/aromatic N) is 3. The number of methoxy groups -OCH3 is 1. The number of nitrogens with one attached hydrogen (secondary N) is 2. The molecule has 10 heteroatoms. The van der Waals surface area contributed by atoms with Crippen molar-refractivity contribution in [1.29, 1.82) is 0 Å². The molecule has 0 spiro atoms. The lowest BCUT2D eigenvalue weighted by Crippen LogP contribution is -2.28. The molecule has 1 aromatic heterocycles. The first-order chi connectivity index (χ1) is 15.3. The Hall–Kier alpha value is -3.04. The molecule has 3 aromatic rings. The second-order valence-electron chi connectivity index (χ2n) is 7.12. The van der Waals surface area contributed by atoms with Crippen molar-refractivity contribution in [2.24, 2.45) is 7.05 Å². The molecule has 0 saturated heterocycles. The van der Waals surface area contributed by atoms with E-state index < -0.39 is 0 Å². The maximum absolute atomic E-state index is 12.5. The molecular formula is C22H24ClN5O3S. The Morgan fingerprint density at radius 2 is 1.91 bits per heavy atom. The lowest BCUT2D eigenvalue weighted by molar-refractivity contribution is -0.113. The van der Waals surface area contributed by atoms with Gasteiger partial charge in [-0.05, 0) is 61.9 Å². The van der Waals surface area contributed by atoms with Crippen LogP contribution in [0.2, 0.25) is 5.02 Å². The average molecular weight is 474 g/mol. The third-order valence-electron chi connectivity index (χ3n) is 4.75. The van der Waals surface area contributed by atoms with Crippen LogP contribution in [0.1, 0.15) is 34.7 Å². The normalized spacial score (nSPS) is 11.7. The number of carbonyl (C=O) groups is 2. The molecule has 1 unspecified atom stereocenters. The molecule has 0 radical (unpaired) electrons. The number of aromatic nitrogens is 3. The fourth-order valence-electron chi connectivity index (χ4n) is 3.00. The molecule has 2 amide bonds. The number of halogens is 1. The van der Waals surface area contributed by atoms with Gasteiger partial charge in [-0.15, -0.1) is 10.2 Å². The van der Waals surface area contributed by atoms with Gasteiger partial charge in [0.05, 0.1) is 18.9 Å². The summed E-state index contributed by atoms with van der Waals surface area (Å²) in [4.78, 5) is 24.8. The number of rotatable bonds is 8. The molecule has 0 aliphatic heterocycles. The molecule has 0 fully saturated rings. The third kappa shape index (κ3) is 5.80. The third-order valence-corrected chi connectivity index (χ3v) is 6.01. The summed E-state index contributed by atoms with van der Waals surface area (Å²) in [7, 11) is 3.37. The molecule has 2 aromatic carbocycles. The van der Waals surface area contributed by atoms with Crippen molar-refractivity contribution >= 4 is 40.9 Å². The fraction of sp³-hybridized carbons (Fsp3) is 0.273. The zero-order chi connectivity index (χ0) is 23.3. The summed E-state index contributed by atoms with van der Waals surface area (Å²) in [6.07, 6.45) is 0. The Morgan fingerprint density at radius 1 is 1.19 bits per heavy atom. The molecule has 0 bridgehead atoms. The van der Waals surface area contributed by atoms with Crippen LogP contribution in [0.3, 0.4) is 0 Å². The van der Waals surface area contributed by atoms with Crippen LogP contribution in [0.15, 0.2) is 47.6 Å². The summed E-state index contributed by atoms with van der Waals surface area (Å²) in [6, 6.07) is 11.8. The summed E-state index contributed by atoms with van der Waals surface area (Å²) in [5.41, 5.74) is 2.12. The fourth-order valence-corrected chi connectivity index (χ4v) is 3.94. The molecule has 0 saturated carbocycles. The van der Waals surface area contributed by atoms with E-state index >= 15 is 0 Å². The Balaban J connectivity index is 1.57. The van der Waals surface area contributed by atoms with Gasteiger partial charge in [0.2, 0.25) is 5.91 Å². The van der Waals surface area contributed by atoms with Gasteiger partial charge in [-0.3, -0.25) is 9.59 Å². The number of hydrogen-bond acceptors (Lipinski definition) is 6. The van der Waals surface area contributed by atoms with Crippen LogP contribution in [0, 0.1) is 6.92 Å². The number of carbonyl (C=O) groups excluding carboxylic acids is 2. The van der Waals surface area contributed by atoms with E-state index in [0.29, 0.717) is 33.0 Å². The highest BCUT2D eigenvalue weighted by atomic mass is 35.5. The number of anilines is 1. The van der Waals surface area contributed by atoms with Crippen molar-refractivity contribution in [3.63, 3.8) is 0 Å². The summed E-state index contributed by atoms with van der Waals surface area (Å²) < 4.78 is 6.88. The number of hydrogen-bond donors (Lipinski definition) is 2. The van der Waals surface area contributed by atoms with Gasteiger partial charge in [0, 0.05) is 23.3 Å². The van der Waals surface area contributed by atoms with Crippen molar-refractivity contribution in [2.75, 3.05) is 18.2 Å². The van der Waals surface area contributed by atoms with Gasteiger partial charge in [-0.2, -0.15) is 0 Å². The van der Waals surface area contributed by atoms with E-state index in [1.165, 1.54) is 11.8 Å². The largest absolute Gasteiger partial charge is 0.497 e. The number of amides is 2. The van der Waals surface area contributed by atoms with Crippen LogP contribution in [-0.2, 0) is 11.8 Å². The lowest BCUT2D eigenvalue weighted by atomic mass is 10.2. The Bertz CT molecular complexity index is 1120. The maximum Gasteiger partial charge on any atom is 0.251 e. The molecule has 0 aliphatic rings. The average Bonchev–Trinajstić information content (AvgIpc) is 3.14. The SMILES string of the molecule is COc1ccc(C(=O)NC(C)c2nnc(SCC(=O)Nc3ccc(Cl)cc3C)n2C)cc1. The maximum atomic E-state index is 12.5. The van der Waals surface area contributed by atoms with Crippen molar-refractivity contribution in [3.8, 4) is 5.75 Å². The van der Waals surface area contributed by atoms with E-state index in [1.807, 2.05) is 13.8 Å². The molecule has 3 rings (SSSR count). The minimum atomic E-state index is -0.373. The lowest BCUT2D eigenvalue weighted by Gasteiger charge is -2.14. The number of benzene rings is 2. The first-order valence-corrected chi connectivity index (χ1v) is 11.2. The van der Waals surface area contributed by atoms with Gasteiger partial charge in [0.1, 0.15) is 5.75 Å². The first kappa shape index (κ1) is 23.6. The van der Waals surface area contributed by atoms with Crippen LogP contribution >= 0.6 is 23.4 Å². The minimum Gasteiger partial charge on any atom is -0.497 e. The van der Waals surface area contributed by atoms with Gasteiger partial charge < -0.3 is 19.9 Å². The topological polar surface area (TPSA) is 98.1 Å². The highest BCUT2D eigenvalue weighted by Crippen LogP contribution is 2.22. The second-order valence-corrected chi connectivity index (χ2v) is 8.50. The van der Waals surface area contributed by atoms with E-state index in [1.54, 1.807) is 61.2 Å². The van der Waals surface area contributed by atoms with Crippen molar-refractivity contribution in [2.45, 2.75) is 25.0 Å². The molecule has 32 heavy (non-hydrogen) atoms. The van der Waals surface area contributed by atoms with Gasteiger partial charge in [0.15, 0.2) is 11.0 Å². The van der Waals surface area contributed by atoms with Crippen LogP contribution < -0.4 is 15.4 Å². The van der Waals surface area contributed by atoms with E-state index in [2.05, 4.69) is 20.8 Å². The highest BCUT2D eigenvalue weighted by molar-refractivity contribution is 7.99. The summed E-state index contributed by atoms with van der Waals surface area (Å²) in [5, 5.41) is 15.3. The quantitative estimate of drug-likeness (QED) is 0.480. The monoisotopic (exact) mass is 473 g/mol. The predicted octanol–water partition coefficient (Wildman–Crippen LogP) is 4.01. The number of aryl methyl sites for hydroxylation is 1. The predicted molar refractivity (Wildman–Crippen MR) is 125 cm³/mol. The van der Waals surface area contributed by atoms with Gasteiger partial charge in [-0.1, -0.05) is 23.4 Å². The van der Waals surface area contributed by atoms with Gasteiger partial charge in [-0.25, -0.2) is 0 Å². The molecular weight excluding hydrogens is 450 g/mol. The zero-order valence-corrected chi connectivity index (χ0v) is 19.8. The molecule has 8 nitrogen and oxygen atoms in total. The second kappa shape index (κ2) is 10.5. The summed E-state index contributed by atoms with van der Waals surface area (Å²) in [5.74, 6) is 1.05. The zero-order valence-electron chi connectivity index (χ0n) is 18.2. The Morgan fingerprint density at radius 3 is 2.56 bits per heavy atom. The minimum absolute atomic E-state index is 0.161. The molecule has 168 valence electrons. The molecule has 2 N–H and O–H groups in total. The van der Waals surface area contributed by atoms with Crippen LogP contribution in [0.5, 0.6) is 5.75 Å². The van der Waals surface area contributed by atoms with E-state index in [9.17, 15) is 9.59 Å². The molecule has 0 aliphatic carbocycles. The van der Waals surface area contributed by atoms with Crippen LogP contribution in [0.25, 0.3) is 0 Å². The Labute approximate surface area is 195 Å². The van der Waals surface area contributed by atoms with Crippen molar-refractivity contribution in [3.05, 3.63) is 64.4 Å². The molecule has 1 heterocycles. The number of ether oxygens (including phenoxy) is 1. The van der Waals surface area contributed by atoms with E-state index in [4.69, 9.17) is 16.3 Å². The van der Waals surface area contributed by atoms with E-state index in [-0.39, 0.29) is 23.6 Å².